The molecule has 0 bridgehead atoms. The van der Waals surface area contributed by atoms with Gasteiger partial charge >= 0.3 is 0 Å². The fraction of sp³-hybridized carbons (Fsp3) is 1.00. The molecule has 0 radical (unpaired) electrons. The summed E-state index contributed by atoms with van der Waals surface area (Å²) in [7, 11) is 0.348. The van der Waals surface area contributed by atoms with Crippen molar-refractivity contribution in [1.29, 1.82) is 0 Å². The molecule has 9 heavy (non-hydrogen) atoms. The Kier molecular flexibility index (Phi) is 3.21. The van der Waals surface area contributed by atoms with Gasteiger partial charge in [0, 0.05) is 6.16 Å². The van der Waals surface area contributed by atoms with Crippen LogP contribution in [0.4, 0.5) is 0 Å². The molecule has 0 N–H and O–H groups in total. The molecule has 0 aromatic heterocycles. The predicted molar refractivity (Wildman–Crippen MR) is 39.0 cm³/mol. The molecule has 1 nitrogen and oxygen atoms in total. The largest absolute Gasteiger partial charge is 0.275 e. The zero-order chi connectivity index (χ0) is 6.53. The van der Waals surface area contributed by atoms with E-state index >= 15 is 0 Å². The number of rotatable bonds is 2. The monoisotopic (exact) mass is 144 g/mol. The minimum atomic E-state index is 0.348. The Morgan fingerprint density at radius 3 is 2.44 bits per heavy atom. The van der Waals surface area contributed by atoms with Gasteiger partial charge in [0.25, 0.3) is 0 Å². The molecular formula is C7H13OP. The van der Waals surface area contributed by atoms with Crippen LogP contribution in [0.1, 0.15) is 32.1 Å². The van der Waals surface area contributed by atoms with Crippen molar-refractivity contribution in [3.8, 4) is 0 Å². The molecule has 0 aromatic rings. The van der Waals surface area contributed by atoms with Crippen LogP contribution in [0.3, 0.4) is 0 Å². The maximum absolute atomic E-state index is 10.2. The number of hydrogen-bond acceptors (Lipinski definition) is 1. The van der Waals surface area contributed by atoms with Crippen LogP contribution in [0.2, 0.25) is 0 Å². The Hall–Kier alpha value is 0.100. The van der Waals surface area contributed by atoms with Gasteiger partial charge < -0.3 is 0 Å². The smallest absolute Gasteiger partial charge is 0.155 e. The molecule has 1 rings (SSSR count). The zero-order valence-corrected chi connectivity index (χ0v) is 6.57. The fourth-order valence-electron chi connectivity index (χ4n) is 1.48. The lowest BCUT2D eigenvalue weighted by Gasteiger charge is -2.17. The Morgan fingerprint density at radius 2 is 1.89 bits per heavy atom. The molecule has 0 unspecified atom stereocenters. The zero-order valence-electron chi connectivity index (χ0n) is 5.68. The van der Waals surface area contributed by atoms with Gasteiger partial charge in [0.15, 0.2) is 8.46 Å². The number of hydrogen-bond donors (Lipinski definition) is 0. The van der Waals surface area contributed by atoms with Crippen molar-refractivity contribution in [3.05, 3.63) is 0 Å². The van der Waals surface area contributed by atoms with Crippen LogP contribution in [0.15, 0.2) is 0 Å². The van der Waals surface area contributed by atoms with E-state index in [0.29, 0.717) is 8.46 Å². The molecule has 1 aliphatic carbocycles. The third kappa shape index (κ3) is 2.45. The Labute approximate surface area is 58.0 Å². The van der Waals surface area contributed by atoms with Gasteiger partial charge in [-0.2, -0.15) is 0 Å². The fourth-order valence-corrected chi connectivity index (χ4v) is 2.05. The van der Waals surface area contributed by atoms with Gasteiger partial charge in [-0.25, -0.2) is 0 Å². The average Bonchev–Trinajstić information content (AvgIpc) is 1.91. The lowest BCUT2D eigenvalue weighted by Crippen LogP contribution is -2.06. The Balaban J connectivity index is 2.15. The second-order valence-corrected chi connectivity index (χ2v) is 3.44. The van der Waals surface area contributed by atoms with Gasteiger partial charge in [-0.15, -0.1) is 0 Å². The SMILES string of the molecule is O=PCC1CCCCC1. The van der Waals surface area contributed by atoms with Crippen LogP contribution in [-0.2, 0) is 4.57 Å². The highest BCUT2D eigenvalue weighted by atomic mass is 31.1. The van der Waals surface area contributed by atoms with Crippen LogP contribution in [0, 0.1) is 5.92 Å². The quantitative estimate of drug-likeness (QED) is 0.544. The highest BCUT2D eigenvalue weighted by Gasteiger charge is 2.12. The van der Waals surface area contributed by atoms with Crippen LogP contribution in [0.25, 0.3) is 0 Å². The van der Waals surface area contributed by atoms with Crippen molar-refractivity contribution in [1.82, 2.24) is 0 Å². The third-order valence-corrected chi connectivity index (χ3v) is 2.72. The summed E-state index contributed by atoms with van der Waals surface area (Å²) < 4.78 is 10.2. The van der Waals surface area contributed by atoms with Crippen molar-refractivity contribution >= 4 is 8.46 Å². The summed E-state index contributed by atoms with van der Waals surface area (Å²) in [6.07, 6.45) is 7.65. The average molecular weight is 144 g/mol. The van der Waals surface area contributed by atoms with E-state index in [0.717, 1.165) is 12.1 Å². The van der Waals surface area contributed by atoms with E-state index in [1.807, 2.05) is 0 Å². The normalized spacial score (nSPS) is 22.7. The third-order valence-electron chi connectivity index (χ3n) is 2.06. The van der Waals surface area contributed by atoms with Gasteiger partial charge in [-0.3, -0.25) is 4.57 Å². The maximum Gasteiger partial charge on any atom is 0.155 e. The topological polar surface area (TPSA) is 17.1 Å². The molecular weight excluding hydrogens is 131 g/mol. The van der Waals surface area contributed by atoms with Gasteiger partial charge in [0.2, 0.25) is 0 Å². The molecule has 2 heteroatoms. The van der Waals surface area contributed by atoms with Crippen LogP contribution in [-0.4, -0.2) is 6.16 Å². The van der Waals surface area contributed by atoms with Gasteiger partial charge in [-0.05, 0) is 18.8 Å². The summed E-state index contributed by atoms with van der Waals surface area (Å²) >= 11 is 0. The van der Waals surface area contributed by atoms with E-state index in [4.69, 9.17) is 0 Å². The summed E-state index contributed by atoms with van der Waals surface area (Å²) in [5.74, 6) is 0.776. The van der Waals surface area contributed by atoms with Crippen molar-refractivity contribution < 1.29 is 4.57 Å². The highest BCUT2D eigenvalue weighted by Crippen LogP contribution is 2.25. The van der Waals surface area contributed by atoms with E-state index in [1.54, 1.807) is 0 Å². The van der Waals surface area contributed by atoms with E-state index in [1.165, 1.54) is 32.1 Å². The molecule has 52 valence electrons. The van der Waals surface area contributed by atoms with E-state index in [-0.39, 0.29) is 0 Å². The Bertz CT molecular complexity index is 86.9. The second-order valence-electron chi connectivity index (χ2n) is 2.82. The van der Waals surface area contributed by atoms with Gasteiger partial charge in [0.1, 0.15) is 0 Å². The molecule has 1 fully saturated rings. The Morgan fingerprint density at radius 1 is 1.22 bits per heavy atom. The summed E-state index contributed by atoms with van der Waals surface area (Å²) in [5.41, 5.74) is 0. The molecule has 0 heterocycles. The minimum absolute atomic E-state index is 0.348. The summed E-state index contributed by atoms with van der Waals surface area (Å²) in [5, 5.41) is 0. The van der Waals surface area contributed by atoms with Gasteiger partial charge in [-0.1, -0.05) is 19.3 Å². The first-order chi connectivity index (χ1) is 4.43. The summed E-state index contributed by atoms with van der Waals surface area (Å²) in [6, 6.07) is 0. The minimum Gasteiger partial charge on any atom is -0.275 e. The van der Waals surface area contributed by atoms with Crippen molar-refractivity contribution in [2.24, 2.45) is 5.92 Å². The highest BCUT2D eigenvalue weighted by molar-refractivity contribution is 7.23. The first-order valence-electron chi connectivity index (χ1n) is 3.72. The second kappa shape index (κ2) is 4.00. The first kappa shape index (κ1) is 7.21. The van der Waals surface area contributed by atoms with Crippen molar-refractivity contribution in [2.75, 3.05) is 6.16 Å². The summed E-state index contributed by atoms with van der Waals surface area (Å²) in [4.78, 5) is 0. The molecule has 1 saturated carbocycles. The molecule has 0 spiro atoms. The summed E-state index contributed by atoms with van der Waals surface area (Å²) in [6.45, 7) is 0. The van der Waals surface area contributed by atoms with Crippen molar-refractivity contribution in [2.45, 2.75) is 32.1 Å². The van der Waals surface area contributed by atoms with Crippen LogP contribution >= 0.6 is 8.46 Å². The van der Waals surface area contributed by atoms with E-state index in [2.05, 4.69) is 0 Å². The molecule has 0 saturated heterocycles. The molecule has 0 aliphatic heterocycles. The van der Waals surface area contributed by atoms with E-state index in [9.17, 15) is 4.57 Å². The maximum atomic E-state index is 10.2. The van der Waals surface area contributed by atoms with Crippen LogP contribution < -0.4 is 0 Å². The van der Waals surface area contributed by atoms with E-state index < -0.39 is 0 Å². The standard InChI is InChI=1S/C7H13OP/c8-9-6-7-4-2-1-3-5-7/h7H,1-6H2. The molecule has 0 atom stereocenters. The lowest BCUT2D eigenvalue weighted by molar-refractivity contribution is 0.388. The predicted octanol–water partition coefficient (Wildman–Crippen LogP) is 2.86. The molecule has 1 aliphatic rings. The molecule has 0 aromatic carbocycles. The van der Waals surface area contributed by atoms with Crippen molar-refractivity contribution in [3.63, 3.8) is 0 Å². The lowest BCUT2D eigenvalue weighted by atomic mass is 9.91. The van der Waals surface area contributed by atoms with Crippen LogP contribution in [0.5, 0.6) is 0 Å². The molecule has 0 amide bonds. The first-order valence-corrected chi connectivity index (χ1v) is 4.72. The van der Waals surface area contributed by atoms with Gasteiger partial charge in [0.05, 0.1) is 0 Å².